The first-order valence-electron chi connectivity index (χ1n) is 5.87. The molecule has 0 aliphatic heterocycles. The molecule has 1 unspecified atom stereocenters. The highest BCUT2D eigenvalue weighted by Gasteiger charge is 2.30. The predicted octanol–water partition coefficient (Wildman–Crippen LogP) is 2.50. The molecule has 2 N–H and O–H groups in total. The van der Waals surface area contributed by atoms with Gasteiger partial charge >= 0.3 is 12.1 Å². The van der Waals surface area contributed by atoms with Crippen molar-refractivity contribution in [2.45, 2.75) is 16.4 Å². The average Bonchev–Trinajstić information content (AvgIpc) is 2.45. The standard InChI is InChI=1S/C13H9F3N2O3S/c14-13(15,16)8-1-2-9-7(3-8)4-17-5-10(9)22-11(12(20)21)18-6-19/h1-6,11H,(H,18,19)(H,20,21). The van der Waals surface area contributed by atoms with Gasteiger partial charge in [-0.2, -0.15) is 13.2 Å². The third-order valence-corrected chi connectivity index (χ3v) is 3.89. The fraction of sp³-hybridized carbons (Fsp3) is 0.154. The number of hydrogen-bond donors (Lipinski definition) is 2. The molecule has 22 heavy (non-hydrogen) atoms. The van der Waals surface area contributed by atoms with Gasteiger partial charge in [-0.25, -0.2) is 4.79 Å². The molecule has 9 heteroatoms. The molecule has 1 aromatic carbocycles. The van der Waals surface area contributed by atoms with Crippen LogP contribution < -0.4 is 5.32 Å². The molecule has 0 saturated heterocycles. The Hall–Kier alpha value is -2.29. The van der Waals surface area contributed by atoms with Crippen molar-refractivity contribution in [3.8, 4) is 0 Å². The molecule has 1 amide bonds. The number of carboxylic acids is 1. The van der Waals surface area contributed by atoms with Crippen molar-refractivity contribution in [2.24, 2.45) is 0 Å². The summed E-state index contributed by atoms with van der Waals surface area (Å²) in [4.78, 5) is 25.6. The van der Waals surface area contributed by atoms with Crippen molar-refractivity contribution in [3.05, 3.63) is 36.2 Å². The van der Waals surface area contributed by atoms with E-state index in [-0.39, 0.29) is 11.8 Å². The number of carbonyl (C=O) groups is 2. The molecule has 2 rings (SSSR count). The Morgan fingerprint density at radius 1 is 1.36 bits per heavy atom. The van der Waals surface area contributed by atoms with Crippen LogP contribution in [0.4, 0.5) is 13.2 Å². The number of pyridine rings is 1. The van der Waals surface area contributed by atoms with Crippen LogP contribution in [0.15, 0.2) is 35.5 Å². The smallest absolute Gasteiger partial charge is 0.416 e. The molecule has 0 radical (unpaired) electrons. The fourth-order valence-corrected chi connectivity index (χ4v) is 2.68. The normalized spacial score (nSPS) is 12.9. The average molecular weight is 330 g/mol. The molecule has 0 bridgehead atoms. The number of amides is 1. The maximum Gasteiger partial charge on any atom is 0.416 e. The zero-order chi connectivity index (χ0) is 16.3. The molecule has 116 valence electrons. The lowest BCUT2D eigenvalue weighted by atomic mass is 10.1. The summed E-state index contributed by atoms with van der Waals surface area (Å²) in [7, 11) is 0. The Morgan fingerprint density at radius 3 is 2.68 bits per heavy atom. The summed E-state index contributed by atoms with van der Waals surface area (Å²) in [5.74, 6) is -1.28. The summed E-state index contributed by atoms with van der Waals surface area (Å²) < 4.78 is 38.0. The van der Waals surface area contributed by atoms with Crippen LogP contribution in [0.5, 0.6) is 0 Å². The number of rotatable bonds is 5. The second-order valence-corrected chi connectivity index (χ2v) is 5.34. The van der Waals surface area contributed by atoms with Crippen molar-refractivity contribution in [2.75, 3.05) is 0 Å². The van der Waals surface area contributed by atoms with E-state index in [0.717, 1.165) is 23.9 Å². The molecule has 1 atom stereocenters. The number of alkyl halides is 3. The largest absolute Gasteiger partial charge is 0.479 e. The van der Waals surface area contributed by atoms with E-state index < -0.39 is 23.1 Å². The van der Waals surface area contributed by atoms with Crippen LogP contribution in [0.2, 0.25) is 0 Å². The number of aliphatic carboxylic acids is 1. The van der Waals surface area contributed by atoms with Gasteiger partial charge in [0.2, 0.25) is 6.41 Å². The second-order valence-electron chi connectivity index (χ2n) is 4.19. The zero-order valence-electron chi connectivity index (χ0n) is 10.8. The predicted molar refractivity (Wildman–Crippen MR) is 73.2 cm³/mol. The van der Waals surface area contributed by atoms with Gasteiger partial charge in [0.25, 0.3) is 0 Å². The third kappa shape index (κ3) is 3.48. The van der Waals surface area contributed by atoms with Crippen LogP contribution in [0, 0.1) is 0 Å². The highest BCUT2D eigenvalue weighted by atomic mass is 32.2. The molecule has 0 aliphatic rings. The fourth-order valence-electron chi connectivity index (χ4n) is 1.76. The Bertz CT molecular complexity index is 721. The molecule has 0 aliphatic carbocycles. The number of thioether (sulfide) groups is 1. The number of carboxylic acid groups (broad SMARTS) is 1. The van der Waals surface area contributed by atoms with E-state index >= 15 is 0 Å². The molecule has 1 aromatic heterocycles. The van der Waals surface area contributed by atoms with Crippen LogP contribution in [-0.4, -0.2) is 27.8 Å². The Balaban J connectivity index is 2.43. The van der Waals surface area contributed by atoms with Gasteiger partial charge in [0, 0.05) is 22.7 Å². The highest BCUT2D eigenvalue weighted by molar-refractivity contribution is 8.00. The summed E-state index contributed by atoms with van der Waals surface area (Å²) in [5.41, 5.74) is -0.815. The van der Waals surface area contributed by atoms with Crippen molar-refractivity contribution in [1.29, 1.82) is 0 Å². The Kier molecular flexibility index (Phi) is 4.55. The number of nitrogens with one attached hydrogen (secondary N) is 1. The highest BCUT2D eigenvalue weighted by Crippen LogP contribution is 2.34. The van der Waals surface area contributed by atoms with E-state index in [1.807, 2.05) is 0 Å². The first-order chi connectivity index (χ1) is 10.3. The van der Waals surface area contributed by atoms with Crippen LogP contribution in [0.3, 0.4) is 0 Å². The second kappa shape index (κ2) is 6.22. The Labute approximate surface area is 126 Å². The van der Waals surface area contributed by atoms with E-state index in [9.17, 15) is 22.8 Å². The summed E-state index contributed by atoms with van der Waals surface area (Å²) in [6.45, 7) is 0. The minimum Gasteiger partial charge on any atom is -0.479 e. The molecule has 1 heterocycles. The van der Waals surface area contributed by atoms with E-state index in [4.69, 9.17) is 5.11 Å². The van der Waals surface area contributed by atoms with Crippen LogP contribution in [-0.2, 0) is 15.8 Å². The lowest BCUT2D eigenvalue weighted by Crippen LogP contribution is -2.32. The number of nitrogens with zero attached hydrogens (tertiary/aromatic N) is 1. The van der Waals surface area contributed by atoms with Gasteiger partial charge in [0.1, 0.15) is 0 Å². The number of hydrogen-bond acceptors (Lipinski definition) is 4. The zero-order valence-corrected chi connectivity index (χ0v) is 11.6. The number of aromatic nitrogens is 1. The van der Waals surface area contributed by atoms with Crippen molar-refractivity contribution in [1.82, 2.24) is 10.3 Å². The first-order valence-corrected chi connectivity index (χ1v) is 6.75. The van der Waals surface area contributed by atoms with Crippen molar-refractivity contribution >= 4 is 34.9 Å². The van der Waals surface area contributed by atoms with E-state index in [2.05, 4.69) is 10.3 Å². The molecule has 0 spiro atoms. The molecule has 0 fully saturated rings. The van der Waals surface area contributed by atoms with E-state index in [0.29, 0.717) is 10.3 Å². The van der Waals surface area contributed by atoms with Crippen LogP contribution >= 0.6 is 11.8 Å². The van der Waals surface area contributed by atoms with Gasteiger partial charge in [-0.3, -0.25) is 9.78 Å². The quantitative estimate of drug-likeness (QED) is 0.500. The molecule has 5 nitrogen and oxygen atoms in total. The minimum absolute atomic E-state index is 0.232. The number of fused-ring (bicyclic) bond motifs is 1. The van der Waals surface area contributed by atoms with E-state index in [1.165, 1.54) is 18.5 Å². The number of benzene rings is 1. The summed E-state index contributed by atoms with van der Waals surface area (Å²) in [6, 6.07) is 3.10. The Morgan fingerprint density at radius 2 is 2.09 bits per heavy atom. The molecular weight excluding hydrogens is 321 g/mol. The molecule has 0 saturated carbocycles. The maximum atomic E-state index is 12.7. The summed E-state index contributed by atoms with van der Waals surface area (Å²) >= 11 is 0.779. The maximum absolute atomic E-state index is 12.7. The SMILES string of the molecule is O=CNC(Sc1cncc2cc(C(F)(F)F)ccc12)C(=O)O. The number of carbonyl (C=O) groups excluding carboxylic acids is 1. The first kappa shape index (κ1) is 16.1. The topological polar surface area (TPSA) is 79.3 Å². The van der Waals surface area contributed by atoms with Gasteiger partial charge < -0.3 is 10.4 Å². The molecular formula is C13H9F3N2O3S. The number of halogens is 3. The lowest BCUT2D eigenvalue weighted by molar-refractivity contribution is -0.138. The van der Waals surface area contributed by atoms with Gasteiger partial charge in [0.05, 0.1) is 5.56 Å². The van der Waals surface area contributed by atoms with Gasteiger partial charge in [-0.1, -0.05) is 17.8 Å². The van der Waals surface area contributed by atoms with E-state index in [1.54, 1.807) is 0 Å². The van der Waals surface area contributed by atoms with Crippen LogP contribution in [0.25, 0.3) is 10.8 Å². The van der Waals surface area contributed by atoms with Gasteiger partial charge in [-0.15, -0.1) is 0 Å². The summed E-state index contributed by atoms with van der Waals surface area (Å²) in [5, 5.41) is 10.5. The third-order valence-electron chi connectivity index (χ3n) is 2.74. The van der Waals surface area contributed by atoms with Gasteiger partial charge in [-0.05, 0) is 17.5 Å². The minimum atomic E-state index is -4.47. The van der Waals surface area contributed by atoms with Crippen molar-refractivity contribution in [3.63, 3.8) is 0 Å². The van der Waals surface area contributed by atoms with Gasteiger partial charge in [0.15, 0.2) is 5.37 Å². The lowest BCUT2D eigenvalue weighted by Gasteiger charge is -2.13. The van der Waals surface area contributed by atoms with Crippen molar-refractivity contribution < 1.29 is 27.9 Å². The summed E-state index contributed by atoms with van der Waals surface area (Å²) in [6.07, 6.45) is -1.63. The monoisotopic (exact) mass is 330 g/mol. The van der Waals surface area contributed by atoms with Crippen LogP contribution in [0.1, 0.15) is 5.56 Å². The molecule has 2 aromatic rings.